The summed E-state index contributed by atoms with van der Waals surface area (Å²) in [4.78, 5) is 27.1. The predicted octanol–water partition coefficient (Wildman–Crippen LogP) is 1.60. The van der Waals surface area contributed by atoms with Crippen molar-refractivity contribution in [2.24, 2.45) is 5.73 Å². The number of hydrogen-bond acceptors (Lipinski definition) is 3. The molecule has 1 amide bonds. The second-order valence-electron chi connectivity index (χ2n) is 4.25. The summed E-state index contributed by atoms with van der Waals surface area (Å²) in [6.45, 7) is 1.65. The number of carbonyl (C=O) groups is 1. The summed E-state index contributed by atoms with van der Waals surface area (Å²) >= 11 is 3.14. The van der Waals surface area contributed by atoms with Crippen molar-refractivity contribution in [2.75, 3.05) is 0 Å². The van der Waals surface area contributed by atoms with Crippen molar-refractivity contribution in [1.29, 1.82) is 0 Å². The van der Waals surface area contributed by atoms with Crippen LogP contribution in [0.5, 0.6) is 0 Å². The number of carbonyl (C=O) groups excluding carboxylic acids is 1. The van der Waals surface area contributed by atoms with Crippen LogP contribution in [0.15, 0.2) is 33.8 Å². The maximum absolute atomic E-state index is 13.7. The zero-order chi connectivity index (χ0) is 14.9. The van der Waals surface area contributed by atoms with Crippen molar-refractivity contribution in [3.8, 4) is 0 Å². The molecule has 1 heterocycles. The van der Waals surface area contributed by atoms with Crippen LogP contribution in [-0.4, -0.2) is 15.5 Å². The molecule has 5 nitrogen and oxygen atoms in total. The lowest BCUT2D eigenvalue weighted by Gasteiger charge is -2.09. The summed E-state index contributed by atoms with van der Waals surface area (Å²) in [7, 11) is 0. The highest BCUT2D eigenvalue weighted by atomic mass is 79.9. The molecule has 0 aliphatic heterocycles. The molecule has 2 rings (SSSR count). The van der Waals surface area contributed by atoms with Crippen LogP contribution in [0.1, 0.15) is 21.6 Å². The third kappa shape index (κ3) is 2.77. The van der Waals surface area contributed by atoms with Gasteiger partial charge in [0.15, 0.2) is 0 Å². The minimum Gasteiger partial charge on any atom is -0.366 e. The Balaban J connectivity index is 2.45. The van der Waals surface area contributed by atoms with E-state index in [-0.39, 0.29) is 23.2 Å². The first-order valence-electron chi connectivity index (χ1n) is 5.70. The van der Waals surface area contributed by atoms with Gasteiger partial charge in [-0.1, -0.05) is 0 Å². The average molecular weight is 340 g/mol. The van der Waals surface area contributed by atoms with Crippen molar-refractivity contribution in [3.05, 3.63) is 62.0 Å². The number of aromatic nitrogens is 2. The highest BCUT2D eigenvalue weighted by Gasteiger charge is 2.10. The number of aryl methyl sites for hydroxylation is 1. The van der Waals surface area contributed by atoms with E-state index in [0.717, 1.165) is 6.07 Å². The van der Waals surface area contributed by atoms with E-state index in [0.29, 0.717) is 10.2 Å². The second kappa shape index (κ2) is 5.54. The molecular weight excluding hydrogens is 329 g/mol. The fraction of sp³-hybridized carbons (Fsp3) is 0.154. The minimum absolute atomic E-state index is 0.0301. The summed E-state index contributed by atoms with van der Waals surface area (Å²) in [5.41, 5.74) is 5.77. The Morgan fingerprint density at radius 1 is 1.50 bits per heavy atom. The highest BCUT2D eigenvalue weighted by Crippen LogP contribution is 2.12. The van der Waals surface area contributed by atoms with Gasteiger partial charge >= 0.3 is 0 Å². The van der Waals surface area contributed by atoms with Gasteiger partial charge in [-0.25, -0.2) is 9.37 Å². The molecule has 0 unspecified atom stereocenters. The van der Waals surface area contributed by atoms with Gasteiger partial charge < -0.3 is 5.73 Å². The van der Waals surface area contributed by atoms with Gasteiger partial charge in [0.1, 0.15) is 10.3 Å². The average Bonchev–Trinajstić information content (AvgIpc) is 2.41. The molecule has 1 aromatic carbocycles. The van der Waals surface area contributed by atoms with Gasteiger partial charge in [-0.15, -0.1) is 0 Å². The number of halogens is 2. The van der Waals surface area contributed by atoms with E-state index in [1.54, 1.807) is 6.92 Å². The van der Waals surface area contributed by atoms with Crippen molar-refractivity contribution < 1.29 is 9.18 Å². The Bertz CT molecular complexity index is 743. The summed E-state index contributed by atoms with van der Waals surface area (Å²) in [6, 6.07) is 3.78. The molecule has 104 valence electrons. The molecule has 0 bridgehead atoms. The first kappa shape index (κ1) is 14.4. The number of nitrogens with two attached hydrogens (primary N) is 1. The Kier molecular flexibility index (Phi) is 3.99. The number of amides is 1. The van der Waals surface area contributed by atoms with Gasteiger partial charge in [0, 0.05) is 11.1 Å². The smallest absolute Gasteiger partial charge is 0.268 e. The third-order valence-corrected chi connectivity index (χ3v) is 3.74. The third-order valence-electron chi connectivity index (χ3n) is 2.83. The molecule has 0 saturated heterocycles. The molecule has 0 fully saturated rings. The Labute approximate surface area is 122 Å². The number of rotatable bonds is 3. The van der Waals surface area contributed by atoms with Crippen molar-refractivity contribution >= 4 is 21.8 Å². The monoisotopic (exact) mass is 339 g/mol. The van der Waals surface area contributed by atoms with Gasteiger partial charge in [-0.05, 0) is 41.1 Å². The molecule has 7 heteroatoms. The van der Waals surface area contributed by atoms with Crippen LogP contribution in [0.2, 0.25) is 0 Å². The first-order chi connectivity index (χ1) is 9.40. The SMILES string of the molecule is Cc1ncn(Cc2cc(C(N)=O)ccc2F)c(=O)c1Br. The van der Waals surface area contributed by atoms with E-state index in [2.05, 4.69) is 20.9 Å². The van der Waals surface area contributed by atoms with E-state index in [4.69, 9.17) is 5.73 Å². The Morgan fingerprint density at radius 3 is 2.85 bits per heavy atom. The van der Waals surface area contributed by atoms with Crippen molar-refractivity contribution in [1.82, 2.24) is 9.55 Å². The van der Waals surface area contributed by atoms with Crippen LogP contribution in [-0.2, 0) is 6.54 Å². The van der Waals surface area contributed by atoms with Crippen LogP contribution >= 0.6 is 15.9 Å². The topological polar surface area (TPSA) is 78.0 Å². The molecule has 20 heavy (non-hydrogen) atoms. The van der Waals surface area contributed by atoms with Crippen LogP contribution in [0.25, 0.3) is 0 Å². The summed E-state index contributed by atoms with van der Waals surface area (Å²) < 4.78 is 15.3. The summed E-state index contributed by atoms with van der Waals surface area (Å²) in [5, 5.41) is 0. The summed E-state index contributed by atoms with van der Waals surface area (Å²) in [6.07, 6.45) is 1.33. The number of nitrogens with zero attached hydrogens (tertiary/aromatic N) is 2. The number of primary amides is 1. The van der Waals surface area contributed by atoms with Gasteiger partial charge in [0.25, 0.3) is 5.56 Å². The van der Waals surface area contributed by atoms with Gasteiger partial charge in [-0.3, -0.25) is 14.2 Å². The van der Waals surface area contributed by atoms with Crippen molar-refractivity contribution in [2.45, 2.75) is 13.5 Å². The first-order valence-corrected chi connectivity index (χ1v) is 6.49. The van der Waals surface area contributed by atoms with E-state index in [1.165, 1.54) is 23.0 Å². The second-order valence-corrected chi connectivity index (χ2v) is 5.04. The molecule has 0 radical (unpaired) electrons. The van der Waals surface area contributed by atoms with Crippen LogP contribution in [0.4, 0.5) is 4.39 Å². The van der Waals surface area contributed by atoms with Crippen LogP contribution in [0, 0.1) is 12.7 Å². The molecule has 0 atom stereocenters. The fourth-order valence-electron chi connectivity index (χ4n) is 1.69. The van der Waals surface area contributed by atoms with Gasteiger partial charge in [0.2, 0.25) is 5.91 Å². The largest absolute Gasteiger partial charge is 0.366 e. The normalized spacial score (nSPS) is 10.6. The van der Waals surface area contributed by atoms with Gasteiger partial charge in [-0.2, -0.15) is 0 Å². The van der Waals surface area contributed by atoms with E-state index >= 15 is 0 Å². The minimum atomic E-state index is -0.651. The maximum Gasteiger partial charge on any atom is 0.268 e. The number of hydrogen-bond donors (Lipinski definition) is 1. The fourth-order valence-corrected chi connectivity index (χ4v) is 2.02. The lowest BCUT2D eigenvalue weighted by molar-refractivity contribution is 0.1000. The zero-order valence-electron chi connectivity index (χ0n) is 10.6. The quantitative estimate of drug-likeness (QED) is 0.922. The molecule has 0 saturated carbocycles. The van der Waals surface area contributed by atoms with E-state index in [1.807, 2.05) is 0 Å². The standard InChI is InChI=1S/C13H11BrFN3O2/c1-7-11(14)13(20)18(6-17-7)5-9-4-8(12(16)19)2-3-10(9)15/h2-4,6H,5H2,1H3,(H2,16,19). The van der Waals surface area contributed by atoms with Crippen LogP contribution < -0.4 is 11.3 Å². The van der Waals surface area contributed by atoms with Gasteiger partial charge in [0.05, 0.1) is 18.6 Å². The Hall–Kier alpha value is -2.02. The van der Waals surface area contributed by atoms with Crippen molar-refractivity contribution in [3.63, 3.8) is 0 Å². The van der Waals surface area contributed by atoms with E-state index < -0.39 is 11.7 Å². The highest BCUT2D eigenvalue weighted by molar-refractivity contribution is 9.10. The predicted molar refractivity (Wildman–Crippen MR) is 75.0 cm³/mol. The molecular formula is C13H11BrFN3O2. The van der Waals surface area contributed by atoms with Crippen LogP contribution in [0.3, 0.4) is 0 Å². The maximum atomic E-state index is 13.7. The lowest BCUT2D eigenvalue weighted by Crippen LogP contribution is -2.23. The zero-order valence-corrected chi connectivity index (χ0v) is 12.1. The van der Waals surface area contributed by atoms with E-state index in [9.17, 15) is 14.0 Å². The Morgan fingerprint density at radius 2 is 2.20 bits per heavy atom. The lowest BCUT2D eigenvalue weighted by atomic mass is 10.1. The molecule has 0 aliphatic carbocycles. The molecule has 2 aromatic rings. The molecule has 1 aromatic heterocycles. The number of benzene rings is 1. The molecule has 2 N–H and O–H groups in total. The summed E-state index contributed by atoms with van der Waals surface area (Å²) in [5.74, 6) is -1.17. The molecule has 0 aliphatic rings. The molecule has 0 spiro atoms.